The lowest BCUT2D eigenvalue weighted by atomic mass is 9.96. The molecule has 0 fully saturated rings. The summed E-state index contributed by atoms with van der Waals surface area (Å²) in [7, 11) is 0. The van der Waals surface area contributed by atoms with Crippen molar-refractivity contribution in [1.82, 2.24) is 0 Å². The molecule has 118 valence electrons. The average Bonchev–Trinajstić information content (AvgIpc) is 2.45. The Balaban J connectivity index is 3.51. The lowest BCUT2D eigenvalue weighted by Gasteiger charge is -2.20. The van der Waals surface area contributed by atoms with Crippen LogP contribution in [0.25, 0.3) is 0 Å². The van der Waals surface area contributed by atoms with Crippen LogP contribution in [0.5, 0.6) is 5.75 Å². The number of nitrogens with zero attached hydrogens (tertiary/aromatic N) is 1. The molecular formula is C14H15ClN2O5. The van der Waals surface area contributed by atoms with Gasteiger partial charge in [-0.15, -0.1) is 0 Å². The van der Waals surface area contributed by atoms with Crippen LogP contribution in [0.4, 0.5) is 4.79 Å². The van der Waals surface area contributed by atoms with Crippen LogP contribution >= 0.6 is 11.6 Å². The van der Waals surface area contributed by atoms with Crippen LogP contribution in [-0.4, -0.2) is 30.2 Å². The fourth-order valence-electron chi connectivity index (χ4n) is 1.89. The number of nitrogens with two attached hydrogens (primary N) is 1. The molecule has 0 aliphatic carbocycles. The van der Waals surface area contributed by atoms with E-state index in [0.29, 0.717) is 0 Å². The molecule has 3 N–H and O–H groups in total. The minimum atomic E-state index is -1.42. The van der Waals surface area contributed by atoms with Crippen LogP contribution < -0.4 is 10.5 Å². The molecular weight excluding hydrogens is 312 g/mol. The number of hydrogen-bond donors (Lipinski definition) is 2. The molecule has 1 aromatic rings. The predicted octanol–water partition coefficient (Wildman–Crippen LogP) is 1.94. The standard InChI is InChI=1S/C14H15ClN2O5/c1-3-21-13-8(7(2)18)4-10(15)9(5-16)12(13)11(19)6-22-14(17)20/h4,11,19H,3,6H2,1-2H3,(H2,17,20). The Morgan fingerprint density at radius 2 is 2.18 bits per heavy atom. The maximum atomic E-state index is 11.7. The van der Waals surface area contributed by atoms with Crippen molar-refractivity contribution >= 4 is 23.5 Å². The molecule has 0 bridgehead atoms. The molecule has 0 aliphatic heterocycles. The highest BCUT2D eigenvalue weighted by molar-refractivity contribution is 6.32. The largest absolute Gasteiger partial charge is 0.493 e. The van der Waals surface area contributed by atoms with E-state index >= 15 is 0 Å². The van der Waals surface area contributed by atoms with E-state index < -0.39 is 18.8 Å². The Hall–Kier alpha value is -2.30. The van der Waals surface area contributed by atoms with Crippen LogP contribution in [0, 0.1) is 11.3 Å². The van der Waals surface area contributed by atoms with Gasteiger partial charge in [-0.2, -0.15) is 5.26 Å². The first-order chi connectivity index (χ1) is 10.3. The number of hydrogen-bond acceptors (Lipinski definition) is 6. The molecule has 1 aromatic carbocycles. The van der Waals surface area contributed by atoms with E-state index in [0.717, 1.165) is 0 Å². The number of aliphatic hydroxyl groups is 1. The minimum absolute atomic E-state index is 0.00993. The number of ketones is 1. The number of nitriles is 1. The van der Waals surface area contributed by atoms with Crippen molar-refractivity contribution < 1.29 is 24.2 Å². The molecule has 0 spiro atoms. The first-order valence-electron chi connectivity index (χ1n) is 6.33. The van der Waals surface area contributed by atoms with Gasteiger partial charge in [-0.05, 0) is 19.9 Å². The van der Waals surface area contributed by atoms with Crippen molar-refractivity contribution in [3.63, 3.8) is 0 Å². The quantitative estimate of drug-likeness (QED) is 0.770. The summed E-state index contributed by atoms with van der Waals surface area (Å²) in [5.41, 5.74) is 4.90. The van der Waals surface area contributed by atoms with E-state index in [9.17, 15) is 20.0 Å². The monoisotopic (exact) mass is 326 g/mol. The number of ether oxygens (including phenoxy) is 2. The van der Waals surface area contributed by atoms with Crippen LogP contribution in [-0.2, 0) is 4.74 Å². The van der Waals surface area contributed by atoms with Crippen molar-refractivity contribution in [3.05, 3.63) is 27.8 Å². The van der Waals surface area contributed by atoms with Gasteiger partial charge >= 0.3 is 6.09 Å². The normalized spacial score (nSPS) is 11.4. The number of halogens is 1. The molecule has 0 saturated carbocycles. The average molecular weight is 327 g/mol. The third-order valence-electron chi connectivity index (χ3n) is 2.76. The molecule has 0 saturated heterocycles. The Bertz CT molecular complexity index is 639. The summed E-state index contributed by atoms with van der Waals surface area (Å²) in [6, 6.07) is 3.15. The zero-order valence-corrected chi connectivity index (χ0v) is 12.8. The fourth-order valence-corrected chi connectivity index (χ4v) is 2.14. The molecule has 1 rings (SSSR count). The van der Waals surface area contributed by atoms with Gasteiger partial charge in [0.05, 0.1) is 22.8 Å². The second-order valence-corrected chi connectivity index (χ2v) is 4.68. The van der Waals surface area contributed by atoms with E-state index in [-0.39, 0.29) is 39.9 Å². The van der Waals surface area contributed by atoms with Gasteiger partial charge < -0.3 is 20.3 Å². The summed E-state index contributed by atoms with van der Waals surface area (Å²) in [4.78, 5) is 22.4. The summed E-state index contributed by atoms with van der Waals surface area (Å²) in [5.74, 6) is -0.310. The number of rotatable bonds is 6. The fraction of sp³-hybridized carbons (Fsp3) is 0.357. The minimum Gasteiger partial charge on any atom is -0.493 e. The van der Waals surface area contributed by atoms with E-state index in [2.05, 4.69) is 4.74 Å². The van der Waals surface area contributed by atoms with Crippen molar-refractivity contribution in [1.29, 1.82) is 5.26 Å². The van der Waals surface area contributed by atoms with E-state index in [4.69, 9.17) is 22.1 Å². The molecule has 1 amide bonds. The van der Waals surface area contributed by atoms with Gasteiger partial charge in [-0.1, -0.05) is 11.6 Å². The number of amides is 1. The maximum absolute atomic E-state index is 11.7. The Labute approximate surface area is 132 Å². The summed E-state index contributed by atoms with van der Waals surface area (Å²) < 4.78 is 9.92. The number of Topliss-reactive ketones (excluding diaryl/α,β-unsaturated/α-hetero) is 1. The van der Waals surface area contributed by atoms with Crippen LogP contribution in [0.15, 0.2) is 6.07 Å². The van der Waals surface area contributed by atoms with E-state index in [1.54, 1.807) is 6.92 Å². The molecule has 7 nitrogen and oxygen atoms in total. The highest BCUT2D eigenvalue weighted by Crippen LogP contribution is 2.37. The van der Waals surface area contributed by atoms with Gasteiger partial charge in [-0.3, -0.25) is 4.79 Å². The molecule has 0 aromatic heterocycles. The van der Waals surface area contributed by atoms with E-state index in [1.165, 1.54) is 13.0 Å². The van der Waals surface area contributed by atoms with Gasteiger partial charge in [-0.25, -0.2) is 4.79 Å². The lowest BCUT2D eigenvalue weighted by Crippen LogP contribution is -2.19. The van der Waals surface area contributed by atoms with Crippen molar-refractivity contribution in [2.45, 2.75) is 20.0 Å². The highest BCUT2D eigenvalue weighted by Gasteiger charge is 2.26. The SMILES string of the molecule is CCOc1c(C(C)=O)cc(Cl)c(C#N)c1C(O)COC(N)=O. The van der Waals surface area contributed by atoms with E-state index in [1.807, 2.05) is 6.07 Å². The third kappa shape index (κ3) is 3.87. The molecule has 22 heavy (non-hydrogen) atoms. The number of benzene rings is 1. The summed E-state index contributed by atoms with van der Waals surface area (Å²) in [5, 5.41) is 19.4. The number of aliphatic hydroxyl groups excluding tert-OH is 1. The smallest absolute Gasteiger partial charge is 0.404 e. The lowest BCUT2D eigenvalue weighted by molar-refractivity contribution is 0.0706. The van der Waals surface area contributed by atoms with Gasteiger partial charge in [0.1, 0.15) is 24.5 Å². The summed E-state index contributed by atoms with van der Waals surface area (Å²) in [6.07, 6.45) is -2.50. The third-order valence-corrected chi connectivity index (χ3v) is 3.06. The van der Waals surface area contributed by atoms with Gasteiger partial charge in [0, 0.05) is 5.56 Å². The zero-order valence-electron chi connectivity index (χ0n) is 12.1. The molecule has 0 radical (unpaired) electrons. The first-order valence-corrected chi connectivity index (χ1v) is 6.71. The van der Waals surface area contributed by atoms with Gasteiger partial charge in [0.2, 0.25) is 0 Å². The second kappa shape index (κ2) is 7.64. The second-order valence-electron chi connectivity index (χ2n) is 4.27. The van der Waals surface area contributed by atoms with Crippen molar-refractivity contribution in [2.24, 2.45) is 5.73 Å². The number of primary amides is 1. The molecule has 0 aliphatic rings. The van der Waals surface area contributed by atoms with Gasteiger partial charge in [0.25, 0.3) is 0 Å². The van der Waals surface area contributed by atoms with Crippen LogP contribution in [0.1, 0.15) is 41.4 Å². The van der Waals surface area contributed by atoms with Crippen molar-refractivity contribution in [2.75, 3.05) is 13.2 Å². The zero-order chi connectivity index (χ0) is 16.9. The summed E-state index contributed by atoms with van der Waals surface area (Å²) >= 11 is 5.98. The maximum Gasteiger partial charge on any atom is 0.404 e. The number of carbonyl (C=O) groups excluding carboxylic acids is 2. The number of carbonyl (C=O) groups is 2. The van der Waals surface area contributed by atoms with Crippen LogP contribution in [0.3, 0.4) is 0 Å². The highest BCUT2D eigenvalue weighted by atomic mass is 35.5. The van der Waals surface area contributed by atoms with Gasteiger partial charge in [0.15, 0.2) is 5.78 Å². The molecule has 8 heteroatoms. The molecule has 1 atom stereocenters. The molecule has 1 unspecified atom stereocenters. The Morgan fingerprint density at radius 1 is 1.55 bits per heavy atom. The molecule has 0 heterocycles. The van der Waals surface area contributed by atoms with Crippen molar-refractivity contribution in [3.8, 4) is 11.8 Å². The topological polar surface area (TPSA) is 123 Å². The summed E-state index contributed by atoms with van der Waals surface area (Å²) in [6.45, 7) is 2.68. The van der Waals surface area contributed by atoms with Crippen LogP contribution in [0.2, 0.25) is 5.02 Å². The first kappa shape index (κ1) is 17.8. The Morgan fingerprint density at radius 3 is 2.64 bits per heavy atom. The Kier molecular flexibility index (Phi) is 6.16. The predicted molar refractivity (Wildman–Crippen MR) is 77.8 cm³/mol.